The highest BCUT2D eigenvalue weighted by Crippen LogP contribution is 2.27. The Morgan fingerprint density at radius 3 is 2.28 bits per heavy atom. The molecular formula is C15H14ClFO. The summed E-state index contributed by atoms with van der Waals surface area (Å²) in [4.78, 5) is 0. The molecule has 0 fully saturated rings. The second kappa shape index (κ2) is 5.40. The Kier molecular flexibility index (Phi) is 3.87. The van der Waals surface area contributed by atoms with Crippen LogP contribution in [0.15, 0.2) is 36.4 Å². The molecule has 2 rings (SSSR count). The SMILES string of the molecule is Cc1cc(C)cc(Oc2ccc(CCl)cc2F)c1. The van der Waals surface area contributed by atoms with Crippen molar-refractivity contribution in [3.8, 4) is 11.5 Å². The summed E-state index contributed by atoms with van der Waals surface area (Å²) in [5.41, 5.74) is 2.91. The van der Waals surface area contributed by atoms with Crippen molar-refractivity contribution >= 4 is 11.6 Å². The lowest BCUT2D eigenvalue weighted by Gasteiger charge is -2.09. The minimum Gasteiger partial charge on any atom is -0.454 e. The number of rotatable bonds is 3. The molecular weight excluding hydrogens is 251 g/mol. The van der Waals surface area contributed by atoms with Crippen molar-refractivity contribution in [2.24, 2.45) is 0 Å². The molecule has 0 radical (unpaired) electrons. The van der Waals surface area contributed by atoms with Gasteiger partial charge in [0.05, 0.1) is 0 Å². The number of alkyl halides is 1. The molecule has 0 heterocycles. The third-order valence-electron chi connectivity index (χ3n) is 2.57. The molecule has 2 aromatic rings. The first-order valence-electron chi connectivity index (χ1n) is 5.69. The van der Waals surface area contributed by atoms with Gasteiger partial charge in [-0.25, -0.2) is 4.39 Å². The summed E-state index contributed by atoms with van der Waals surface area (Å²) in [6.07, 6.45) is 0. The van der Waals surface area contributed by atoms with E-state index in [1.54, 1.807) is 12.1 Å². The molecule has 1 nitrogen and oxygen atoms in total. The van der Waals surface area contributed by atoms with Crippen LogP contribution in [0.4, 0.5) is 4.39 Å². The van der Waals surface area contributed by atoms with Crippen molar-refractivity contribution in [1.82, 2.24) is 0 Å². The zero-order valence-corrected chi connectivity index (χ0v) is 11.1. The van der Waals surface area contributed by atoms with Crippen LogP contribution in [-0.4, -0.2) is 0 Å². The molecule has 3 heteroatoms. The molecule has 0 amide bonds. The molecule has 18 heavy (non-hydrogen) atoms. The highest BCUT2D eigenvalue weighted by Gasteiger charge is 2.06. The smallest absolute Gasteiger partial charge is 0.166 e. The summed E-state index contributed by atoms with van der Waals surface area (Å²) >= 11 is 5.65. The Hall–Kier alpha value is -1.54. The van der Waals surface area contributed by atoms with E-state index in [1.807, 2.05) is 32.0 Å². The van der Waals surface area contributed by atoms with Crippen molar-refractivity contribution in [3.63, 3.8) is 0 Å². The molecule has 0 aromatic heterocycles. The summed E-state index contributed by atoms with van der Waals surface area (Å²) in [5, 5.41) is 0. The highest BCUT2D eigenvalue weighted by molar-refractivity contribution is 6.17. The summed E-state index contributed by atoms with van der Waals surface area (Å²) in [6, 6.07) is 10.5. The van der Waals surface area contributed by atoms with Crippen LogP contribution in [-0.2, 0) is 5.88 Å². The Morgan fingerprint density at radius 1 is 1.06 bits per heavy atom. The van der Waals surface area contributed by atoms with Crippen LogP contribution in [0.3, 0.4) is 0 Å². The zero-order valence-electron chi connectivity index (χ0n) is 10.3. The summed E-state index contributed by atoms with van der Waals surface area (Å²) in [5.74, 6) is 0.756. The maximum absolute atomic E-state index is 13.7. The van der Waals surface area contributed by atoms with Crippen molar-refractivity contribution in [2.45, 2.75) is 19.7 Å². The molecule has 0 saturated heterocycles. The molecule has 0 aliphatic heterocycles. The zero-order chi connectivity index (χ0) is 13.1. The first kappa shape index (κ1) is 12.9. The molecule has 0 aliphatic carbocycles. The molecule has 0 bridgehead atoms. The molecule has 94 valence electrons. The number of hydrogen-bond acceptors (Lipinski definition) is 1. The predicted molar refractivity (Wildman–Crippen MR) is 71.9 cm³/mol. The summed E-state index contributed by atoms with van der Waals surface area (Å²) in [7, 11) is 0. The van der Waals surface area contributed by atoms with Gasteiger partial charge in [-0.3, -0.25) is 0 Å². The van der Waals surface area contributed by atoms with Gasteiger partial charge >= 0.3 is 0 Å². The second-order valence-electron chi connectivity index (χ2n) is 4.32. The van der Waals surface area contributed by atoms with Crippen LogP contribution >= 0.6 is 11.6 Å². The van der Waals surface area contributed by atoms with Gasteiger partial charge < -0.3 is 4.74 Å². The Labute approximate surface area is 111 Å². The lowest BCUT2D eigenvalue weighted by atomic mass is 10.1. The number of aryl methyl sites for hydroxylation is 2. The van der Waals surface area contributed by atoms with E-state index in [1.165, 1.54) is 6.07 Å². The molecule has 0 N–H and O–H groups in total. The van der Waals surface area contributed by atoms with Gasteiger partial charge in [0.25, 0.3) is 0 Å². The maximum Gasteiger partial charge on any atom is 0.166 e. The van der Waals surface area contributed by atoms with Crippen LogP contribution in [0, 0.1) is 19.7 Å². The van der Waals surface area contributed by atoms with E-state index in [-0.39, 0.29) is 5.75 Å². The molecule has 0 spiro atoms. The maximum atomic E-state index is 13.7. The van der Waals surface area contributed by atoms with Crippen LogP contribution in [0.5, 0.6) is 11.5 Å². The topological polar surface area (TPSA) is 9.23 Å². The van der Waals surface area contributed by atoms with Crippen molar-refractivity contribution in [1.29, 1.82) is 0 Å². The van der Waals surface area contributed by atoms with Crippen LogP contribution < -0.4 is 4.74 Å². The lowest BCUT2D eigenvalue weighted by molar-refractivity contribution is 0.441. The van der Waals surface area contributed by atoms with Gasteiger partial charge in [-0.05, 0) is 54.8 Å². The Bertz CT molecular complexity index is 546. The van der Waals surface area contributed by atoms with Gasteiger partial charge in [0.2, 0.25) is 0 Å². The van der Waals surface area contributed by atoms with Crippen LogP contribution in [0.1, 0.15) is 16.7 Å². The lowest BCUT2D eigenvalue weighted by Crippen LogP contribution is -1.91. The fourth-order valence-corrected chi connectivity index (χ4v) is 2.00. The fourth-order valence-electron chi connectivity index (χ4n) is 1.83. The third-order valence-corrected chi connectivity index (χ3v) is 2.88. The Morgan fingerprint density at radius 2 is 1.72 bits per heavy atom. The van der Waals surface area contributed by atoms with Crippen molar-refractivity contribution in [3.05, 3.63) is 58.9 Å². The first-order chi connectivity index (χ1) is 8.58. The van der Waals surface area contributed by atoms with E-state index in [2.05, 4.69) is 0 Å². The van der Waals surface area contributed by atoms with Gasteiger partial charge in [-0.15, -0.1) is 11.6 Å². The van der Waals surface area contributed by atoms with Gasteiger partial charge in [0.15, 0.2) is 11.6 Å². The van der Waals surface area contributed by atoms with E-state index in [0.717, 1.165) is 16.7 Å². The van der Waals surface area contributed by atoms with E-state index >= 15 is 0 Å². The predicted octanol–water partition coefficient (Wildman–Crippen LogP) is 4.97. The van der Waals surface area contributed by atoms with Crippen molar-refractivity contribution < 1.29 is 9.13 Å². The Balaban J connectivity index is 2.28. The highest BCUT2D eigenvalue weighted by atomic mass is 35.5. The van der Waals surface area contributed by atoms with Crippen LogP contribution in [0.25, 0.3) is 0 Å². The summed E-state index contributed by atoms with van der Waals surface area (Å²) < 4.78 is 19.3. The van der Waals surface area contributed by atoms with E-state index in [9.17, 15) is 4.39 Å². The number of benzene rings is 2. The number of halogens is 2. The van der Waals surface area contributed by atoms with Crippen LogP contribution in [0.2, 0.25) is 0 Å². The van der Waals surface area contributed by atoms with E-state index in [0.29, 0.717) is 11.6 Å². The normalized spacial score (nSPS) is 10.4. The monoisotopic (exact) mass is 264 g/mol. The molecule has 0 atom stereocenters. The van der Waals surface area contributed by atoms with Gasteiger partial charge in [0, 0.05) is 5.88 Å². The number of hydrogen-bond donors (Lipinski definition) is 0. The average Bonchev–Trinajstić information content (AvgIpc) is 2.30. The summed E-state index contributed by atoms with van der Waals surface area (Å²) in [6.45, 7) is 3.96. The second-order valence-corrected chi connectivity index (χ2v) is 4.59. The molecule has 0 saturated carbocycles. The average molecular weight is 265 g/mol. The van der Waals surface area contributed by atoms with E-state index < -0.39 is 5.82 Å². The van der Waals surface area contributed by atoms with Gasteiger partial charge in [-0.1, -0.05) is 12.1 Å². The minimum absolute atomic E-state index is 0.217. The molecule has 0 aliphatic rings. The third kappa shape index (κ3) is 3.02. The fraction of sp³-hybridized carbons (Fsp3) is 0.200. The van der Waals surface area contributed by atoms with Gasteiger partial charge in [0.1, 0.15) is 5.75 Å². The molecule has 2 aromatic carbocycles. The minimum atomic E-state index is -0.396. The van der Waals surface area contributed by atoms with E-state index in [4.69, 9.17) is 16.3 Å². The largest absolute Gasteiger partial charge is 0.454 e. The van der Waals surface area contributed by atoms with Gasteiger partial charge in [-0.2, -0.15) is 0 Å². The van der Waals surface area contributed by atoms with Crippen molar-refractivity contribution in [2.75, 3.05) is 0 Å². The first-order valence-corrected chi connectivity index (χ1v) is 6.22. The standard InChI is InChI=1S/C15H14ClFO/c1-10-5-11(2)7-13(6-10)18-15-4-3-12(9-16)8-14(15)17/h3-8H,9H2,1-2H3. The molecule has 0 unspecified atom stereocenters. The quantitative estimate of drug-likeness (QED) is 0.711. The number of ether oxygens (including phenoxy) is 1.